The molecule has 1 atom stereocenters. The van der Waals surface area contributed by atoms with E-state index >= 15 is 0 Å². The molecule has 0 saturated heterocycles. The normalized spacial score (nSPS) is 12.5. The Kier molecular flexibility index (Phi) is 4.25. The van der Waals surface area contributed by atoms with Gasteiger partial charge in [-0.15, -0.1) is 0 Å². The number of hydrogen-bond donors (Lipinski definition) is 2. The molecule has 0 aliphatic carbocycles. The quantitative estimate of drug-likeness (QED) is 0.783. The van der Waals surface area contributed by atoms with Crippen molar-refractivity contribution >= 4 is 11.7 Å². The Bertz CT molecular complexity index is 349. The van der Waals surface area contributed by atoms with Gasteiger partial charge in [0.05, 0.1) is 11.9 Å². The third-order valence-corrected chi connectivity index (χ3v) is 2.03. The number of carboxylic acids is 1. The minimum absolute atomic E-state index is 0.0609. The molecule has 0 saturated carbocycles. The van der Waals surface area contributed by atoms with E-state index in [1.807, 2.05) is 14.1 Å². The predicted octanol–water partition coefficient (Wildman–Crippen LogP) is 1.14. The molecule has 16 heavy (non-hydrogen) atoms. The molecule has 1 unspecified atom stereocenters. The maximum Gasteiger partial charge on any atom is 0.354 e. The van der Waals surface area contributed by atoms with Gasteiger partial charge in [0.25, 0.3) is 0 Å². The van der Waals surface area contributed by atoms with Crippen LogP contribution in [0.5, 0.6) is 0 Å². The highest BCUT2D eigenvalue weighted by atomic mass is 16.4. The highest BCUT2D eigenvalue weighted by Crippen LogP contribution is 2.08. The lowest BCUT2D eigenvalue weighted by molar-refractivity contribution is 0.0690. The molecule has 0 aliphatic heterocycles. The molecule has 0 radical (unpaired) electrons. The van der Waals surface area contributed by atoms with Gasteiger partial charge in [0.1, 0.15) is 5.69 Å². The Morgan fingerprint density at radius 2 is 2.25 bits per heavy atom. The van der Waals surface area contributed by atoms with Crippen LogP contribution >= 0.6 is 0 Å². The first-order valence-corrected chi connectivity index (χ1v) is 5.09. The number of carboxylic acid groups (broad SMARTS) is 1. The van der Waals surface area contributed by atoms with E-state index in [1.54, 1.807) is 6.07 Å². The van der Waals surface area contributed by atoms with Gasteiger partial charge in [-0.25, -0.2) is 9.78 Å². The van der Waals surface area contributed by atoms with E-state index in [4.69, 9.17) is 5.11 Å². The molecule has 0 amide bonds. The molecule has 88 valence electrons. The first-order chi connectivity index (χ1) is 7.49. The summed E-state index contributed by atoms with van der Waals surface area (Å²) in [6, 6.07) is 3.50. The molecule has 1 aromatic heterocycles. The van der Waals surface area contributed by atoms with Gasteiger partial charge in [-0.2, -0.15) is 0 Å². The van der Waals surface area contributed by atoms with Crippen molar-refractivity contribution in [3.05, 3.63) is 24.0 Å². The van der Waals surface area contributed by atoms with Crippen molar-refractivity contribution in [3.8, 4) is 0 Å². The fourth-order valence-electron chi connectivity index (χ4n) is 1.48. The molecule has 0 bridgehead atoms. The molecule has 5 nitrogen and oxygen atoms in total. The molecular formula is C11H17N3O2. The molecule has 5 heteroatoms. The second-order valence-electron chi connectivity index (χ2n) is 4.04. The van der Waals surface area contributed by atoms with Crippen LogP contribution < -0.4 is 5.32 Å². The smallest absolute Gasteiger partial charge is 0.354 e. The Morgan fingerprint density at radius 1 is 1.56 bits per heavy atom. The fraction of sp³-hybridized carbons (Fsp3) is 0.455. The zero-order chi connectivity index (χ0) is 12.1. The fourth-order valence-corrected chi connectivity index (χ4v) is 1.48. The summed E-state index contributed by atoms with van der Waals surface area (Å²) in [4.78, 5) is 16.5. The van der Waals surface area contributed by atoms with E-state index in [2.05, 4.69) is 22.1 Å². The summed E-state index contributed by atoms with van der Waals surface area (Å²) in [5, 5.41) is 11.9. The van der Waals surface area contributed by atoms with E-state index in [9.17, 15) is 4.79 Å². The van der Waals surface area contributed by atoms with E-state index in [0.29, 0.717) is 0 Å². The minimum atomic E-state index is -1.01. The number of pyridine rings is 1. The van der Waals surface area contributed by atoms with Gasteiger partial charge >= 0.3 is 5.97 Å². The van der Waals surface area contributed by atoms with E-state index in [-0.39, 0.29) is 11.7 Å². The molecule has 1 aromatic rings. The van der Waals surface area contributed by atoms with Crippen LogP contribution in [0.3, 0.4) is 0 Å². The van der Waals surface area contributed by atoms with Gasteiger partial charge in [-0.3, -0.25) is 0 Å². The lowest BCUT2D eigenvalue weighted by Gasteiger charge is -2.19. The average molecular weight is 223 g/mol. The summed E-state index contributed by atoms with van der Waals surface area (Å²) in [5.41, 5.74) is 0.894. The molecule has 1 heterocycles. The summed E-state index contributed by atoms with van der Waals surface area (Å²) >= 11 is 0. The highest BCUT2D eigenvalue weighted by molar-refractivity contribution is 5.85. The van der Waals surface area contributed by atoms with Crippen molar-refractivity contribution in [2.75, 3.05) is 26.0 Å². The van der Waals surface area contributed by atoms with Gasteiger partial charge in [0, 0.05) is 12.6 Å². The minimum Gasteiger partial charge on any atom is -0.477 e. The summed E-state index contributed by atoms with van der Waals surface area (Å²) in [7, 11) is 4.01. The number of aromatic carboxylic acids is 1. The van der Waals surface area contributed by atoms with Crippen molar-refractivity contribution in [3.63, 3.8) is 0 Å². The predicted molar refractivity (Wildman–Crippen MR) is 62.8 cm³/mol. The number of anilines is 1. The molecule has 2 N–H and O–H groups in total. The molecular weight excluding hydrogens is 206 g/mol. The average Bonchev–Trinajstić information content (AvgIpc) is 2.16. The second-order valence-corrected chi connectivity index (χ2v) is 4.04. The third kappa shape index (κ3) is 3.86. The first kappa shape index (κ1) is 12.4. The number of carbonyl (C=O) groups is 1. The lowest BCUT2D eigenvalue weighted by Crippen LogP contribution is -2.29. The Morgan fingerprint density at radius 3 is 2.69 bits per heavy atom. The molecule has 0 aromatic carbocycles. The van der Waals surface area contributed by atoms with E-state index in [0.717, 1.165) is 12.2 Å². The van der Waals surface area contributed by atoms with E-state index in [1.165, 1.54) is 12.3 Å². The summed E-state index contributed by atoms with van der Waals surface area (Å²) in [6.07, 6.45) is 1.54. The van der Waals surface area contributed by atoms with Crippen LogP contribution in [0.1, 0.15) is 17.4 Å². The highest BCUT2D eigenvalue weighted by Gasteiger charge is 2.06. The number of nitrogens with zero attached hydrogens (tertiary/aromatic N) is 2. The summed E-state index contributed by atoms with van der Waals surface area (Å²) in [5.74, 6) is -1.01. The summed E-state index contributed by atoms with van der Waals surface area (Å²) < 4.78 is 0. The van der Waals surface area contributed by atoms with Crippen LogP contribution in [0, 0.1) is 0 Å². The van der Waals surface area contributed by atoms with Gasteiger partial charge in [0.15, 0.2) is 0 Å². The van der Waals surface area contributed by atoms with Crippen LogP contribution in [-0.4, -0.2) is 47.6 Å². The Hall–Kier alpha value is -1.62. The van der Waals surface area contributed by atoms with Crippen molar-refractivity contribution < 1.29 is 9.90 Å². The Balaban J connectivity index is 2.58. The van der Waals surface area contributed by atoms with Crippen molar-refractivity contribution in [1.82, 2.24) is 9.88 Å². The molecule has 1 rings (SSSR count). The van der Waals surface area contributed by atoms with Crippen molar-refractivity contribution in [1.29, 1.82) is 0 Å². The number of likely N-dealkylation sites (N-methyl/N-ethyl adjacent to an activating group) is 1. The number of aromatic nitrogens is 1. The van der Waals surface area contributed by atoms with Crippen molar-refractivity contribution in [2.45, 2.75) is 13.0 Å². The van der Waals surface area contributed by atoms with Gasteiger partial charge < -0.3 is 15.3 Å². The van der Waals surface area contributed by atoms with Gasteiger partial charge in [-0.05, 0) is 33.2 Å². The molecule has 0 aliphatic rings. The van der Waals surface area contributed by atoms with Crippen molar-refractivity contribution in [2.24, 2.45) is 0 Å². The largest absolute Gasteiger partial charge is 0.477 e. The van der Waals surface area contributed by atoms with Crippen LogP contribution in [0.15, 0.2) is 18.3 Å². The number of nitrogens with one attached hydrogen (secondary N) is 1. The first-order valence-electron chi connectivity index (χ1n) is 5.09. The monoisotopic (exact) mass is 223 g/mol. The third-order valence-electron chi connectivity index (χ3n) is 2.03. The van der Waals surface area contributed by atoms with Gasteiger partial charge in [-0.1, -0.05) is 0 Å². The second kappa shape index (κ2) is 5.46. The SMILES string of the molecule is CC(CN(C)C)Nc1ccc(C(=O)O)nc1. The summed E-state index contributed by atoms with van der Waals surface area (Å²) in [6.45, 7) is 2.96. The zero-order valence-electron chi connectivity index (χ0n) is 9.77. The molecule has 0 fully saturated rings. The standard InChI is InChI=1S/C11H17N3O2/c1-8(7-14(2)3)13-9-4-5-10(11(15)16)12-6-9/h4-6,8,13H,7H2,1-3H3,(H,15,16). The van der Waals surface area contributed by atoms with E-state index < -0.39 is 5.97 Å². The topological polar surface area (TPSA) is 65.5 Å². The maximum atomic E-state index is 10.6. The maximum absolute atomic E-state index is 10.6. The van der Waals surface area contributed by atoms with Crippen LogP contribution in [0.2, 0.25) is 0 Å². The lowest BCUT2D eigenvalue weighted by atomic mass is 10.3. The van der Waals surface area contributed by atoms with Crippen LogP contribution in [-0.2, 0) is 0 Å². The number of hydrogen-bond acceptors (Lipinski definition) is 4. The Labute approximate surface area is 95.1 Å². The van der Waals surface area contributed by atoms with Gasteiger partial charge in [0.2, 0.25) is 0 Å². The van der Waals surface area contributed by atoms with Crippen LogP contribution in [0.25, 0.3) is 0 Å². The zero-order valence-corrected chi connectivity index (χ0v) is 9.77. The molecule has 0 spiro atoms. The van der Waals surface area contributed by atoms with Crippen LogP contribution in [0.4, 0.5) is 5.69 Å². The number of rotatable bonds is 5.